The molecular weight excluding hydrogens is 514 g/mol. The largest absolute Gasteiger partial charge is 0.497 e. The normalized spacial score (nSPS) is 22.8. The van der Waals surface area contributed by atoms with Gasteiger partial charge in [0, 0.05) is 21.4 Å². The van der Waals surface area contributed by atoms with Crippen molar-refractivity contribution >= 4 is 50.5 Å². The van der Waals surface area contributed by atoms with E-state index in [0.29, 0.717) is 10.8 Å². The summed E-state index contributed by atoms with van der Waals surface area (Å²) >= 11 is 9.38. The summed E-state index contributed by atoms with van der Waals surface area (Å²) in [6.45, 7) is 3.95. The minimum atomic E-state index is -1.06. The number of hydrogen-bond acceptors (Lipinski definition) is 4. The number of carbonyl (C=O) groups excluding carboxylic acids is 1. The summed E-state index contributed by atoms with van der Waals surface area (Å²) < 4.78 is 12.8. The van der Waals surface area contributed by atoms with E-state index in [4.69, 9.17) is 21.7 Å². The first-order valence-electron chi connectivity index (χ1n) is 10.9. The Kier molecular flexibility index (Phi) is 5.73. The van der Waals surface area contributed by atoms with Gasteiger partial charge in [0.2, 0.25) is 5.91 Å². The van der Waals surface area contributed by atoms with Crippen molar-refractivity contribution in [3.8, 4) is 11.5 Å². The fourth-order valence-electron chi connectivity index (χ4n) is 4.83. The predicted octanol–water partition coefficient (Wildman–Crippen LogP) is 5.57. The number of halogens is 1. The third-order valence-electron chi connectivity index (χ3n) is 6.46. The Labute approximate surface area is 212 Å². The zero-order chi connectivity index (χ0) is 24.0. The maximum Gasteiger partial charge on any atom is 0.236 e. The lowest BCUT2D eigenvalue weighted by molar-refractivity contribution is -0.130. The van der Waals surface area contributed by atoms with Gasteiger partial charge in [0.25, 0.3) is 0 Å². The van der Waals surface area contributed by atoms with Crippen molar-refractivity contribution < 1.29 is 14.3 Å². The summed E-state index contributed by atoms with van der Waals surface area (Å²) in [5.74, 6) is 0.664. The molecule has 0 aromatic heterocycles. The molecule has 2 N–H and O–H groups in total. The molecule has 174 valence electrons. The predicted molar refractivity (Wildman–Crippen MR) is 140 cm³/mol. The number of fused-ring (bicyclic) bond motifs is 4. The van der Waals surface area contributed by atoms with Crippen molar-refractivity contribution in [3.63, 3.8) is 0 Å². The van der Waals surface area contributed by atoms with E-state index in [9.17, 15) is 4.79 Å². The molecule has 2 aliphatic heterocycles. The van der Waals surface area contributed by atoms with Crippen LogP contribution in [-0.2, 0) is 4.79 Å². The average molecular weight is 538 g/mol. The van der Waals surface area contributed by atoms with Gasteiger partial charge in [-0.05, 0) is 80.2 Å². The lowest BCUT2D eigenvalue weighted by Crippen LogP contribution is -2.72. The lowest BCUT2D eigenvalue weighted by Gasteiger charge is -2.56. The minimum Gasteiger partial charge on any atom is -0.497 e. The quantitative estimate of drug-likeness (QED) is 0.424. The molecule has 5 rings (SSSR count). The number of para-hydroxylation sites is 1. The zero-order valence-corrected chi connectivity index (χ0v) is 21.4. The third kappa shape index (κ3) is 3.71. The number of thiocarbonyl (C=S) groups is 1. The van der Waals surface area contributed by atoms with Gasteiger partial charge in [-0.3, -0.25) is 9.69 Å². The highest BCUT2D eigenvalue weighted by Crippen LogP contribution is 2.50. The number of rotatable bonds is 4. The van der Waals surface area contributed by atoms with Crippen molar-refractivity contribution in [1.82, 2.24) is 5.32 Å². The molecular formula is C26H24BrN3O3S. The fourth-order valence-corrected chi connectivity index (χ4v) is 5.61. The molecule has 1 saturated heterocycles. The second-order valence-electron chi connectivity index (χ2n) is 8.58. The molecule has 8 heteroatoms. The molecule has 2 aliphatic rings. The van der Waals surface area contributed by atoms with Crippen molar-refractivity contribution in [1.29, 1.82) is 0 Å². The van der Waals surface area contributed by atoms with E-state index in [2.05, 4.69) is 26.6 Å². The van der Waals surface area contributed by atoms with Crippen LogP contribution in [0.3, 0.4) is 0 Å². The Morgan fingerprint density at radius 1 is 1.18 bits per heavy atom. The Hall–Kier alpha value is -3.10. The Bertz CT molecular complexity index is 1280. The standard InChI is InChI=1S/C26H24BrN3O3S/c1-15-6-4-5-7-20(15)30-25(34)29-23-19-14-16(27)8-13-21(19)33-26(30,2)22(23)24(31)28-17-9-11-18(32-3)12-10-17/h4-14,22-23H,1-3H3,(H,28,31)(H,29,34)/t22-,23-,26-/m0/s1. The SMILES string of the molecule is COc1ccc(NC(=O)[C@@H]2[C@H]3NC(=S)N(c4ccccc4C)[C@@]2(C)Oc2ccc(Br)cc23)cc1. The summed E-state index contributed by atoms with van der Waals surface area (Å²) in [5, 5.41) is 7.03. The van der Waals surface area contributed by atoms with Crippen LogP contribution in [0.4, 0.5) is 11.4 Å². The minimum absolute atomic E-state index is 0.170. The molecule has 34 heavy (non-hydrogen) atoms. The van der Waals surface area contributed by atoms with Crippen LogP contribution in [0.2, 0.25) is 0 Å². The van der Waals surface area contributed by atoms with Gasteiger partial charge >= 0.3 is 0 Å². The van der Waals surface area contributed by atoms with E-state index in [1.807, 2.05) is 85.5 Å². The van der Waals surface area contributed by atoms with E-state index in [1.54, 1.807) is 7.11 Å². The number of aryl methyl sites for hydroxylation is 1. The number of methoxy groups -OCH3 is 1. The number of ether oxygens (including phenoxy) is 2. The Morgan fingerprint density at radius 2 is 1.91 bits per heavy atom. The van der Waals surface area contributed by atoms with Gasteiger partial charge in [0.05, 0.1) is 13.2 Å². The van der Waals surface area contributed by atoms with Gasteiger partial charge in [0.15, 0.2) is 10.8 Å². The first-order valence-corrected chi connectivity index (χ1v) is 12.1. The first-order chi connectivity index (χ1) is 16.3. The van der Waals surface area contributed by atoms with Gasteiger partial charge in [-0.2, -0.15) is 0 Å². The highest BCUT2D eigenvalue weighted by molar-refractivity contribution is 9.10. The topological polar surface area (TPSA) is 62.8 Å². The second-order valence-corrected chi connectivity index (χ2v) is 9.89. The molecule has 3 aromatic carbocycles. The average Bonchev–Trinajstić information content (AvgIpc) is 2.81. The summed E-state index contributed by atoms with van der Waals surface area (Å²) in [6.07, 6.45) is 0. The molecule has 0 aliphatic carbocycles. The molecule has 0 radical (unpaired) electrons. The van der Waals surface area contributed by atoms with Gasteiger partial charge in [0.1, 0.15) is 17.4 Å². The van der Waals surface area contributed by atoms with Crippen molar-refractivity contribution in [2.75, 3.05) is 17.3 Å². The van der Waals surface area contributed by atoms with Crippen molar-refractivity contribution in [3.05, 3.63) is 82.3 Å². The van der Waals surface area contributed by atoms with E-state index < -0.39 is 11.6 Å². The van der Waals surface area contributed by atoms with Crippen molar-refractivity contribution in [2.45, 2.75) is 25.6 Å². The van der Waals surface area contributed by atoms with Crippen LogP contribution in [0, 0.1) is 12.8 Å². The maximum atomic E-state index is 13.9. The van der Waals surface area contributed by atoms with Crippen LogP contribution in [0.15, 0.2) is 71.2 Å². The number of nitrogens with zero attached hydrogens (tertiary/aromatic N) is 1. The van der Waals surface area contributed by atoms with E-state index in [-0.39, 0.29) is 11.9 Å². The Balaban J connectivity index is 1.61. The van der Waals surface area contributed by atoms with E-state index in [0.717, 1.165) is 32.8 Å². The molecule has 2 heterocycles. The smallest absolute Gasteiger partial charge is 0.236 e. The van der Waals surface area contributed by atoms with Gasteiger partial charge in [-0.25, -0.2) is 0 Å². The molecule has 6 nitrogen and oxygen atoms in total. The van der Waals surface area contributed by atoms with Crippen LogP contribution in [-0.4, -0.2) is 23.9 Å². The van der Waals surface area contributed by atoms with Crippen LogP contribution in [0.25, 0.3) is 0 Å². The highest BCUT2D eigenvalue weighted by Gasteiger charge is 2.59. The number of benzene rings is 3. The van der Waals surface area contributed by atoms with Crippen LogP contribution < -0.4 is 25.0 Å². The first kappa shape index (κ1) is 22.7. The molecule has 0 saturated carbocycles. The molecule has 1 fully saturated rings. The number of nitrogens with one attached hydrogen (secondary N) is 2. The summed E-state index contributed by atoms with van der Waals surface area (Å²) in [4.78, 5) is 15.8. The number of anilines is 2. The third-order valence-corrected chi connectivity index (χ3v) is 7.25. The Morgan fingerprint density at radius 3 is 2.62 bits per heavy atom. The zero-order valence-electron chi connectivity index (χ0n) is 19.0. The second kappa shape index (κ2) is 8.60. The van der Waals surface area contributed by atoms with E-state index in [1.165, 1.54) is 0 Å². The van der Waals surface area contributed by atoms with Crippen LogP contribution in [0.1, 0.15) is 24.1 Å². The number of amides is 1. The van der Waals surface area contributed by atoms with Crippen LogP contribution >= 0.6 is 28.1 Å². The van der Waals surface area contributed by atoms with Crippen LogP contribution in [0.5, 0.6) is 11.5 Å². The molecule has 2 bridgehead atoms. The van der Waals surface area contributed by atoms with Gasteiger partial charge in [-0.15, -0.1) is 0 Å². The van der Waals surface area contributed by atoms with E-state index >= 15 is 0 Å². The summed E-state index contributed by atoms with van der Waals surface area (Å²) in [6, 6.07) is 20.7. The molecule has 0 spiro atoms. The lowest BCUT2D eigenvalue weighted by atomic mass is 9.78. The van der Waals surface area contributed by atoms with Crippen molar-refractivity contribution in [2.24, 2.45) is 5.92 Å². The summed E-state index contributed by atoms with van der Waals surface area (Å²) in [5.41, 5.74) is 2.43. The van der Waals surface area contributed by atoms with Gasteiger partial charge < -0.3 is 20.1 Å². The molecule has 3 atom stereocenters. The highest BCUT2D eigenvalue weighted by atomic mass is 79.9. The number of carbonyl (C=O) groups is 1. The summed E-state index contributed by atoms with van der Waals surface area (Å²) in [7, 11) is 1.61. The molecule has 3 aromatic rings. The maximum absolute atomic E-state index is 13.9. The molecule has 0 unspecified atom stereocenters. The monoisotopic (exact) mass is 537 g/mol. The number of hydrogen-bond donors (Lipinski definition) is 2. The molecule has 1 amide bonds. The van der Waals surface area contributed by atoms with Gasteiger partial charge in [-0.1, -0.05) is 34.1 Å². The fraction of sp³-hybridized carbons (Fsp3) is 0.231.